The number of carbonyl (C=O) groups excluding carboxylic acids is 3. The highest BCUT2D eigenvalue weighted by Gasteiger charge is 2.37. The van der Waals surface area contributed by atoms with Gasteiger partial charge in [0.2, 0.25) is 11.8 Å². The van der Waals surface area contributed by atoms with Gasteiger partial charge in [-0.2, -0.15) is 0 Å². The maximum atomic E-state index is 11.8. The Morgan fingerprint density at radius 3 is 2.10 bits per heavy atom. The first-order chi connectivity index (χ1) is 9.57. The highest BCUT2D eigenvalue weighted by atomic mass is 16.2. The first-order valence-electron chi connectivity index (χ1n) is 7.70. The summed E-state index contributed by atoms with van der Waals surface area (Å²) in [5.41, 5.74) is 0. The molecule has 0 aromatic heterocycles. The van der Waals surface area contributed by atoms with Crippen LogP contribution in [-0.2, 0) is 9.59 Å². The molecule has 0 aromatic carbocycles. The van der Waals surface area contributed by atoms with E-state index in [9.17, 15) is 14.4 Å². The van der Waals surface area contributed by atoms with Crippen molar-refractivity contribution < 1.29 is 14.4 Å². The van der Waals surface area contributed by atoms with Gasteiger partial charge >= 0.3 is 6.03 Å². The molecule has 114 valence electrons. The Morgan fingerprint density at radius 2 is 1.50 bits per heavy atom. The van der Waals surface area contributed by atoms with E-state index in [1.165, 1.54) is 39.2 Å². The van der Waals surface area contributed by atoms with Gasteiger partial charge in [0, 0.05) is 7.05 Å². The third-order valence-electron chi connectivity index (χ3n) is 3.83. The van der Waals surface area contributed by atoms with Crippen molar-refractivity contribution >= 4 is 17.8 Å². The van der Waals surface area contributed by atoms with Crippen LogP contribution in [0.4, 0.5) is 4.79 Å². The number of nitrogens with zero attached hydrogens (tertiary/aromatic N) is 1. The number of unbranched alkanes of at least 4 members (excludes halogenated alkanes) is 7. The molecule has 5 nitrogen and oxygen atoms in total. The molecule has 1 atom stereocenters. The quantitative estimate of drug-likeness (QED) is 0.522. The largest absolute Gasteiger partial charge is 0.330 e. The van der Waals surface area contributed by atoms with Gasteiger partial charge in [-0.15, -0.1) is 0 Å². The summed E-state index contributed by atoms with van der Waals surface area (Å²) in [6, 6.07) is -0.618. The fourth-order valence-electron chi connectivity index (χ4n) is 2.46. The first-order valence-corrected chi connectivity index (χ1v) is 7.70. The monoisotopic (exact) mass is 282 g/mol. The van der Waals surface area contributed by atoms with Gasteiger partial charge < -0.3 is 0 Å². The predicted octanol–water partition coefficient (Wildman–Crippen LogP) is 2.84. The number of rotatable bonds is 9. The topological polar surface area (TPSA) is 66.5 Å². The summed E-state index contributed by atoms with van der Waals surface area (Å²) in [6.07, 6.45) is 9.95. The summed E-state index contributed by atoms with van der Waals surface area (Å²) in [5, 5.41) is 2.21. The molecule has 0 bridgehead atoms. The van der Waals surface area contributed by atoms with Crippen molar-refractivity contribution in [3.8, 4) is 0 Å². The van der Waals surface area contributed by atoms with Gasteiger partial charge in [-0.05, 0) is 6.42 Å². The summed E-state index contributed by atoms with van der Waals surface area (Å²) in [5.74, 6) is -1.50. The molecule has 0 aromatic rings. The summed E-state index contributed by atoms with van der Waals surface area (Å²) in [4.78, 5) is 35.7. The number of hydrogen-bond donors (Lipinski definition) is 1. The molecule has 0 spiro atoms. The fourth-order valence-corrected chi connectivity index (χ4v) is 2.46. The van der Waals surface area contributed by atoms with Crippen LogP contribution in [0.1, 0.15) is 64.7 Å². The number of imide groups is 2. The van der Waals surface area contributed by atoms with Gasteiger partial charge in [-0.3, -0.25) is 19.8 Å². The summed E-state index contributed by atoms with van der Waals surface area (Å²) in [6.45, 7) is 2.20. The van der Waals surface area contributed by atoms with Crippen molar-refractivity contribution in [3.63, 3.8) is 0 Å². The Bertz CT molecular complexity index is 355. The van der Waals surface area contributed by atoms with E-state index in [1.54, 1.807) is 0 Å². The smallest absolute Gasteiger partial charge is 0.277 e. The molecule has 1 heterocycles. The maximum Gasteiger partial charge on any atom is 0.330 e. The van der Waals surface area contributed by atoms with Crippen LogP contribution in [0.2, 0.25) is 0 Å². The van der Waals surface area contributed by atoms with Crippen molar-refractivity contribution in [3.05, 3.63) is 0 Å². The molecule has 1 rings (SSSR count). The van der Waals surface area contributed by atoms with Crippen LogP contribution in [0.5, 0.6) is 0 Å². The molecule has 20 heavy (non-hydrogen) atoms. The average Bonchev–Trinajstić information content (AvgIpc) is 2.42. The van der Waals surface area contributed by atoms with Crippen molar-refractivity contribution in [1.29, 1.82) is 0 Å². The second-order valence-corrected chi connectivity index (χ2v) is 5.51. The SMILES string of the molecule is CCCCCCCCCCC1C(=O)NC(=O)N(C)C1=O. The van der Waals surface area contributed by atoms with E-state index in [4.69, 9.17) is 0 Å². The summed E-state index contributed by atoms with van der Waals surface area (Å²) < 4.78 is 0. The fraction of sp³-hybridized carbons (Fsp3) is 0.800. The Balaban J connectivity index is 2.16. The summed E-state index contributed by atoms with van der Waals surface area (Å²) >= 11 is 0. The van der Waals surface area contributed by atoms with E-state index in [-0.39, 0.29) is 5.91 Å². The molecule has 5 heteroatoms. The van der Waals surface area contributed by atoms with E-state index in [0.717, 1.165) is 24.2 Å². The Morgan fingerprint density at radius 1 is 0.950 bits per heavy atom. The molecular weight excluding hydrogens is 256 g/mol. The molecule has 1 fully saturated rings. The van der Waals surface area contributed by atoms with Gasteiger partial charge in [0.25, 0.3) is 0 Å². The lowest BCUT2D eigenvalue weighted by molar-refractivity contribution is -0.142. The van der Waals surface area contributed by atoms with Crippen LogP contribution in [0.15, 0.2) is 0 Å². The molecule has 4 amide bonds. The highest BCUT2D eigenvalue weighted by molar-refractivity contribution is 6.15. The third kappa shape index (κ3) is 4.94. The minimum Gasteiger partial charge on any atom is -0.277 e. The van der Waals surface area contributed by atoms with E-state index >= 15 is 0 Å². The van der Waals surface area contributed by atoms with E-state index in [2.05, 4.69) is 12.2 Å². The molecule has 1 aliphatic rings. The standard InChI is InChI=1S/C15H26N2O3/c1-3-4-5-6-7-8-9-10-11-12-13(18)16-15(20)17(2)14(12)19/h12H,3-11H2,1-2H3,(H,16,18,20). The molecular formula is C15H26N2O3. The maximum absolute atomic E-state index is 11.8. The van der Waals surface area contributed by atoms with Crippen molar-refractivity contribution in [1.82, 2.24) is 10.2 Å². The molecule has 1 saturated heterocycles. The number of carbonyl (C=O) groups is 3. The molecule has 0 radical (unpaired) electrons. The van der Waals surface area contributed by atoms with Crippen LogP contribution >= 0.6 is 0 Å². The van der Waals surface area contributed by atoms with E-state index in [0.29, 0.717) is 6.42 Å². The lowest BCUT2D eigenvalue weighted by Gasteiger charge is -2.27. The average molecular weight is 282 g/mol. The minimum absolute atomic E-state index is 0.373. The Hall–Kier alpha value is -1.39. The van der Waals surface area contributed by atoms with Gasteiger partial charge in [0.15, 0.2) is 0 Å². The molecule has 1 N–H and O–H groups in total. The number of nitrogens with one attached hydrogen (secondary N) is 1. The van der Waals surface area contributed by atoms with Crippen molar-refractivity contribution in [2.75, 3.05) is 7.05 Å². The van der Waals surface area contributed by atoms with Crippen LogP contribution in [0, 0.1) is 5.92 Å². The Labute approximate surface area is 121 Å². The number of barbiturate groups is 1. The number of hydrogen-bond acceptors (Lipinski definition) is 3. The van der Waals surface area contributed by atoms with Gasteiger partial charge in [0.1, 0.15) is 5.92 Å². The molecule has 1 aliphatic heterocycles. The van der Waals surface area contributed by atoms with Crippen molar-refractivity contribution in [2.45, 2.75) is 64.7 Å². The predicted molar refractivity (Wildman–Crippen MR) is 77.0 cm³/mol. The third-order valence-corrected chi connectivity index (χ3v) is 3.83. The van der Waals surface area contributed by atoms with Gasteiger partial charge in [-0.25, -0.2) is 4.79 Å². The normalized spacial score (nSPS) is 19.4. The first kappa shape index (κ1) is 16.7. The minimum atomic E-state index is -0.683. The second kappa shape index (κ2) is 8.72. The summed E-state index contributed by atoms with van der Waals surface area (Å²) in [7, 11) is 1.41. The number of urea groups is 1. The zero-order valence-corrected chi connectivity index (χ0v) is 12.6. The second-order valence-electron chi connectivity index (χ2n) is 5.51. The van der Waals surface area contributed by atoms with E-state index < -0.39 is 17.9 Å². The van der Waals surface area contributed by atoms with E-state index in [1.807, 2.05) is 0 Å². The lowest BCUT2D eigenvalue weighted by Crippen LogP contribution is -2.56. The van der Waals surface area contributed by atoms with Crippen LogP contribution in [-0.4, -0.2) is 29.8 Å². The Kier molecular flexibility index (Phi) is 7.26. The van der Waals surface area contributed by atoms with Crippen LogP contribution in [0.25, 0.3) is 0 Å². The van der Waals surface area contributed by atoms with Gasteiger partial charge in [-0.1, -0.05) is 58.3 Å². The zero-order valence-electron chi connectivity index (χ0n) is 12.6. The zero-order chi connectivity index (χ0) is 15.0. The van der Waals surface area contributed by atoms with Crippen LogP contribution < -0.4 is 5.32 Å². The van der Waals surface area contributed by atoms with Crippen molar-refractivity contribution in [2.24, 2.45) is 5.92 Å². The van der Waals surface area contributed by atoms with Gasteiger partial charge in [0.05, 0.1) is 0 Å². The molecule has 0 aliphatic carbocycles. The molecule has 1 unspecified atom stereocenters. The van der Waals surface area contributed by atoms with Crippen LogP contribution in [0.3, 0.4) is 0 Å². The lowest BCUT2D eigenvalue weighted by atomic mass is 9.96. The highest BCUT2D eigenvalue weighted by Crippen LogP contribution is 2.17. The molecule has 0 saturated carbocycles. The number of amides is 4.